The predicted octanol–water partition coefficient (Wildman–Crippen LogP) is 1.76. The van der Waals surface area contributed by atoms with Crippen molar-refractivity contribution < 1.29 is 4.65 Å². The number of nitrogens with zero attached hydrogens (tertiary/aromatic N) is 1. The maximum atomic E-state index is 11.7. The Morgan fingerprint density at radius 3 is 2.54 bits per heavy atom. The van der Waals surface area contributed by atoms with E-state index in [1.807, 2.05) is 30.3 Å². The first-order valence-electron chi connectivity index (χ1n) is 4.17. The van der Waals surface area contributed by atoms with E-state index in [1.165, 1.54) is 0 Å². The molecule has 0 spiro atoms. The van der Waals surface area contributed by atoms with Gasteiger partial charge in [0, 0.05) is 5.56 Å². The quantitative estimate of drug-likeness (QED) is 0.390. The van der Waals surface area contributed by atoms with Crippen molar-refractivity contribution in [2.45, 2.75) is 6.54 Å². The third kappa shape index (κ3) is 3.29. The first kappa shape index (κ1) is 9.79. The number of hydrogen-bond acceptors (Lipinski definition) is 1. The normalized spacial score (nSPS) is 14.5. The molecule has 0 aliphatic heterocycles. The van der Waals surface area contributed by atoms with E-state index >= 15 is 0 Å². The second-order valence-corrected chi connectivity index (χ2v) is 3.30. The van der Waals surface area contributed by atoms with Crippen molar-refractivity contribution in [1.82, 2.24) is 0 Å². The number of terminal acetylenes is 1. The van der Waals surface area contributed by atoms with Gasteiger partial charge in [-0.1, -0.05) is 30.3 Å². The van der Waals surface area contributed by atoms with E-state index in [-0.39, 0.29) is 6.54 Å². The molecule has 0 fully saturated rings. The molecule has 0 N–H and O–H groups in total. The van der Waals surface area contributed by atoms with E-state index in [0.717, 1.165) is 5.56 Å². The maximum absolute atomic E-state index is 11.7. The summed E-state index contributed by atoms with van der Waals surface area (Å²) in [5.74, 6) is 2.39. The monoisotopic (exact) mass is 175 g/mol. The molecule has 0 bridgehead atoms. The molecule has 0 saturated heterocycles. The average Bonchev–Trinajstić information content (AvgIpc) is 2.04. The van der Waals surface area contributed by atoms with Gasteiger partial charge in [0.2, 0.25) is 0 Å². The lowest BCUT2D eigenvalue weighted by Gasteiger charge is -2.36. The lowest BCUT2D eigenvalue weighted by atomic mass is 10.2. The van der Waals surface area contributed by atoms with Gasteiger partial charge in [-0.25, -0.2) is 0 Å². The van der Waals surface area contributed by atoms with Crippen molar-refractivity contribution in [3.8, 4) is 12.3 Å². The van der Waals surface area contributed by atoms with Crippen LogP contribution in [0.25, 0.3) is 0 Å². The summed E-state index contributed by atoms with van der Waals surface area (Å²) in [5.41, 5.74) is 1.02. The summed E-state index contributed by atoms with van der Waals surface area (Å²) < 4.78 is -0.402. The highest BCUT2D eigenvalue weighted by Gasteiger charge is 2.08. The maximum Gasteiger partial charge on any atom is 0.140 e. The van der Waals surface area contributed by atoms with E-state index in [2.05, 4.69) is 5.92 Å². The molecular weight excluding hydrogens is 162 g/mol. The number of hydrogen-bond donors (Lipinski definition) is 0. The molecule has 1 aromatic carbocycles. The Morgan fingerprint density at radius 1 is 1.38 bits per heavy atom. The van der Waals surface area contributed by atoms with Crippen LogP contribution in [0.3, 0.4) is 0 Å². The molecule has 0 aromatic heterocycles. The summed E-state index contributed by atoms with van der Waals surface area (Å²) in [4.78, 5) is 0. The third-order valence-corrected chi connectivity index (χ3v) is 1.79. The predicted molar refractivity (Wildman–Crippen MR) is 53.4 cm³/mol. The van der Waals surface area contributed by atoms with Crippen molar-refractivity contribution in [3.63, 3.8) is 0 Å². The van der Waals surface area contributed by atoms with Gasteiger partial charge in [-0.2, -0.15) is 0 Å². The van der Waals surface area contributed by atoms with Gasteiger partial charge >= 0.3 is 0 Å². The van der Waals surface area contributed by atoms with E-state index in [0.29, 0.717) is 6.54 Å². The van der Waals surface area contributed by atoms with Gasteiger partial charge in [-0.3, -0.25) is 0 Å². The van der Waals surface area contributed by atoms with E-state index in [1.54, 1.807) is 7.05 Å². The second-order valence-electron chi connectivity index (χ2n) is 3.30. The van der Waals surface area contributed by atoms with Crippen LogP contribution in [0.4, 0.5) is 0 Å². The molecule has 13 heavy (non-hydrogen) atoms. The number of benzene rings is 1. The first-order chi connectivity index (χ1) is 6.14. The van der Waals surface area contributed by atoms with Gasteiger partial charge in [-0.05, 0) is 5.92 Å². The van der Waals surface area contributed by atoms with Gasteiger partial charge in [0.15, 0.2) is 0 Å². The fourth-order valence-corrected chi connectivity index (χ4v) is 1.22. The molecular formula is C11H13NO. The fraction of sp³-hybridized carbons (Fsp3) is 0.273. The Hall–Kier alpha value is -1.30. The van der Waals surface area contributed by atoms with Crippen LogP contribution in [0.1, 0.15) is 5.56 Å². The van der Waals surface area contributed by atoms with Gasteiger partial charge in [0.05, 0.1) is 7.05 Å². The molecule has 0 saturated carbocycles. The molecule has 1 rings (SSSR count). The summed E-state index contributed by atoms with van der Waals surface area (Å²) in [6, 6.07) is 9.64. The van der Waals surface area contributed by atoms with Crippen LogP contribution in [0.2, 0.25) is 0 Å². The van der Waals surface area contributed by atoms with Crippen LogP contribution in [0, 0.1) is 17.6 Å². The zero-order chi connectivity index (χ0) is 9.73. The molecule has 0 amide bonds. The zero-order valence-electron chi connectivity index (χ0n) is 7.73. The molecule has 0 radical (unpaired) electrons. The Morgan fingerprint density at radius 2 is 2.00 bits per heavy atom. The zero-order valence-corrected chi connectivity index (χ0v) is 7.73. The van der Waals surface area contributed by atoms with Crippen molar-refractivity contribution in [2.75, 3.05) is 13.6 Å². The molecule has 2 heteroatoms. The number of rotatable bonds is 3. The van der Waals surface area contributed by atoms with Gasteiger partial charge < -0.3 is 9.85 Å². The SMILES string of the molecule is C#CC[N+](C)([O-])Cc1ccccc1. The molecule has 2 nitrogen and oxygen atoms in total. The smallest absolute Gasteiger partial charge is 0.140 e. The van der Waals surface area contributed by atoms with Crippen LogP contribution in [0.15, 0.2) is 30.3 Å². The first-order valence-corrected chi connectivity index (χ1v) is 4.17. The largest absolute Gasteiger partial charge is 0.632 e. The summed E-state index contributed by atoms with van der Waals surface area (Å²) >= 11 is 0. The molecule has 0 heterocycles. The Labute approximate surface area is 79.0 Å². The standard InChI is InChI=1S/C11H13NO/c1-3-9-12(2,13)10-11-7-5-4-6-8-11/h1,4-8H,9-10H2,2H3. The second kappa shape index (κ2) is 4.08. The molecule has 1 aromatic rings. The Balaban J connectivity index is 2.65. The lowest BCUT2D eigenvalue weighted by molar-refractivity contribution is -0.866. The molecule has 1 unspecified atom stereocenters. The van der Waals surface area contributed by atoms with Crippen molar-refractivity contribution in [3.05, 3.63) is 41.1 Å². The molecule has 1 atom stereocenters. The Kier molecular flexibility index (Phi) is 3.07. The number of quaternary nitrogens is 1. The van der Waals surface area contributed by atoms with Crippen molar-refractivity contribution in [1.29, 1.82) is 0 Å². The Bertz CT molecular complexity index is 298. The van der Waals surface area contributed by atoms with Crippen LogP contribution in [-0.2, 0) is 6.54 Å². The summed E-state index contributed by atoms with van der Waals surface area (Å²) in [6.45, 7) is 0.653. The average molecular weight is 175 g/mol. The highest BCUT2D eigenvalue weighted by molar-refractivity contribution is 5.13. The van der Waals surface area contributed by atoms with E-state index < -0.39 is 4.65 Å². The minimum Gasteiger partial charge on any atom is -0.632 e. The van der Waals surface area contributed by atoms with Crippen LogP contribution >= 0.6 is 0 Å². The minimum atomic E-state index is -0.402. The topological polar surface area (TPSA) is 23.1 Å². The highest BCUT2D eigenvalue weighted by atomic mass is 16.5. The summed E-state index contributed by atoms with van der Waals surface area (Å²) in [5, 5.41) is 11.7. The minimum absolute atomic E-state index is 0.217. The summed E-state index contributed by atoms with van der Waals surface area (Å²) in [6.07, 6.45) is 5.10. The molecule has 0 aliphatic rings. The van der Waals surface area contributed by atoms with E-state index in [4.69, 9.17) is 6.42 Å². The van der Waals surface area contributed by atoms with Crippen LogP contribution in [0.5, 0.6) is 0 Å². The van der Waals surface area contributed by atoms with Crippen LogP contribution in [-0.4, -0.2) is 18.2 Å². The van der Waals surface area contributed by atoms with Gasteiger partial charge in [0.25, 0.3) is 0 Å². The molecule has 0 aliphatic carbocycles. The highest BCUT2D eigenvalue weighted by Crippen LogP contribution is 2.08. The third-order valence-electron chi connectivity index (χ3n) is 1.79. The lowest BCUT2D eigenvalue weighted by Crippen LogP contribution is -2.36. The molecule has 68 valence electrons. The van der Waals surface area contributed by atoms with Crippen LogP contribution < -0.4 is 0 Å². The van der Waals surface area contributed by atoms with Gasteiger partial charge in [0.1, 0.15) is 13.1 Å². The summed E-state index contributed by atoms with van der Waals surface area (Å²) in [7, 11) is 1.59. The van der Waals surface area contributed by atoms with Crippen molar-refractivity contribution in [2.24, 2.45) is 0 Å². The van der Waals surface area contributed by atoms with E-state index in [9.17, 15) is 5.21 Å². The fourth-order valence-electron chi connectivity index (χ4n) is 1.22. The van der Waals surface area contributed by atoms with Crippen molar-refractivity contribution >= 4 is 0 Å². The van der Waals surface area contributed by atoms with Gasteiger partial charge in [-0.15, -0.1) is 6.42 Å². The number of hydroxylamine groups is 3.